The Hall–Kier alpha value is -3.15. The van der Waals surface area contributed by atoms with Gasteiger partial charge in [0.15, 0.2) is 19.5 Å². The van der Waals surface area contributed by atoms with E-state index in [1.54, 1.807) is 4.57 Å². The van der Waals surface area contributed by atoms with Gasteiger partial charge >= 0.3 is 0 Å². The van der Waals surface area contributed by atoms with Crippen LogP contribution < -0.4 is 11.3 Å². The summed E-state index contributed by atoms with van der Waals surface area (Å²) in [6, 6.07) is 13.4. The van der Waals surface area contributed by atoms with Crippen LogP contribution >= 0.6 is 20.1 Å². The summed E-state index contributed by atoms with van der Waals surface area (Å²) in [5, 5.41) is -0.157. The Kier molecular flexibility index (Phi) is 9.97. The SMILES string of the molecule is Cc1ccc(COP(COCCn2cnc3c(=O)[nH]c(N)nc32)OCCSC(=O)c2ccc(F)cc2)cc1. The zero-order valence-electron chi connectivity index (χ0n) is 20.6. The number of nitrogens with one attached hydrogen (secondary N) is 1. The largest absolute Gasteiger partial charge is 0.370 e. The number of imidazole rings is 1. The predicted molar refractivity (Wildman–Crippen MR) is 145 cm³/mol. The van der Waals surface area contributed by atoms with Crippen LogP contribution in [0.5, 0.6) is 0 Å². The number of ether oxygens (including phenoxy) is 1. The number of halogens is 1. The quantitative estimate of drug-likeness (QED) is 0.182. The van der Waals surface area contributed by atoms with Crippen molar-refractivity contribution < 1.29 is 23.0 Å². The predicted octanol–water partition coefficient (Wildman–Crippen LogP) is 4.24. The number of H-pyrrole nitrogens is 1. The number of nitrogen functional groups attached to an aromatic ring is 1. The highest BCUT2D eigenvalue weighted by atomic mass is 32.2. The molecule has 4 rings (SSSR count). The van der Waals surface area contributed by atoms with Crippen LogP contribution in [0.2, 0.25) is 0 Å². The first-order chi connectivity index (χ1) is 18.4. The maximum atomic E-state index is 13.1. The second-order valence-electron chi connectivity index (χ2n) is 8.17. The van der Waals surface area contributed by atoms with Gasteiger partial charge in [-0.05, 0) is 36.8 Å². The van der Waals surface area contributed by atoms with Gasteiger partial charge in [-0.2, -0.15) is 4.98 Å². The van der Waals surface area contributed by atoms with Crippen LogP contribution in [0.4, 0.5) is 10.3 Å². The highest BCUT2D eigenvalue weighted by molar-refractivity contribution is 8.14. The highest BCUT2D eigenvalue weighted by Gasteiger charge is 2.14. The summed E-state index contributed by atoms with van der Waals surface area (Å²) in [5.41, 5.74) is 8.43. The number of anilines is 1. The van der Waals surface area contributed by atoms with E-state index in [1.807, 2.05) is 31.2 Å². The lowest BCUT2D eigenvalue weighted by molar-refractivity contribution is 0.108. The molecule has 0 aliphatic heterocycles. The summed E-state index contributed by atoms with van der Waals surface area (Å²) in [6.07, 6.45) is 1.72. The lowest BCUT2D eigenvalue weighted by atomic mass is 10.2. The molecule has 3 N–H and O–H groups in total. The lowest BCUT2D eigenvalue weighted by Gasteiger charge is -2.18. The number of aromatic amines is 1. The van der Waals surface area contributed by atoms with Crippen LogP contribution in [-0.4, -0.2) is 49.9 Å². The summed E-state index contributed by atoms with van der Waals surface area (Å²) < 4.78 is 32.5. The number of rotatable bonds is 13. The Balaban J connectivity index is 1.27. The standard InChI is InChI=1S/C25H27FN5O5PS/c1-17-2-4-18(5-3-17)14-36-37(35-12-13-38-24(33)19-6-8-20(26)9-7-19)16-34-11-10-31-15-28-21-22(31)29-25(27)30-23(21)32/h2-9,15H,10-14,16H2,1H3,(H3,27,29,30,32). The van der Waals surface area contributed by atoms with Crippen molar-refractivity contribution in [1.29, 1.82) is 0 Å². The Morgan fingerprint density at radius 1 is 1.13 bits per heavy atom. The molecule has 13 heteroatoms. The normalized spacial score (nSPS) is 12.2. The average molecular weight is 560 g/mol. The van der Waals surface area contributed by atoms with Gasteiger partial charge in [0, 0.05) is 17.9 Å². The van der Waals surface area contributed by atoms with E-state index in [2.05, 4.69) is 15.0 Å². The van der Waals surface area contributed by atoms with Crippen LogP contribution in [0.15, 0.2) is 59.7 Å². The van der Waals surface area contributed by atoms with Crippen molar-refractivity contribution in [3.05, 3.63) is 87.7 Å². The second-order valence-corrected chi connectivity index (χ2v) is 10.7. The summed E-state index contributed by atoms with van der Waals surface area (Å²) in [4.78, 5) is 34.9. The molecule has 0 aliphatic rings. The summed E-state index contributed by atoms with van der Waals surface area (Å²) >= 11 is 1.10. The number of benzene rings is 2. The molecule has 0 amide bonds. The number of nitrogens with two attached hydrogens (primary N) is 1. The minimum Gasteiger partial charge on any atom is -0.370 e. The molecule has 10 nitrogen and oxygen atoms in total. The first-order valence-corrected chi connectivity index (χ1v) is 14.0. The van der Waals surface area contributed by atoms with Crippen LogP contribution in [0.3, 0.4) is 0 Å². The zero-order valence-corrected chi connectivity index (χ0v) is 22.3. The Labute approximate surface area is 223 Å². The average Bonchev–Trinajstić information content (AvgIpc) is 3.31. The zero-order chi connectivity index (χ0) is 26.9. The van der Waals surface area contributed by atoms with Crippen molar-refractivity contribution in [2.75, 3.05) is 31.0 Å². The van der Waals surface area contributed by atoms with Gasteiger partial charge in [-0.1, -0.05) is 41.6 Å². The molecule has 2 aromatic carbocycles. The van der Waals surface area contributed by atoms with E-state index >= 15 is 0 Å². The minimum absolute atomic E-state index is 0.0161. The van der Waals surface area contributed by atoms with Crippen molar-refractivity contribution in [2.24, 2.45) is 0 Å². The molecule has 200 valence electrons. The lowest BCUT2D eigenvalue weighted by Crippen LogP contribution is -2.13. The monoisotopic (exact) mass is 559 g/mol. The van der Waals surface area contributed by atoms with E-state index in [9.17, 15) is 14.0 Å². The van der Waals surface area contributed by atoms with E-state index in [0.29, 0.717) is 36.7 Å². The molecule has 0 bridgehead atoms. The number of aromatic nitrogens is 4. The number of nitrogens with zero attached hydrogens (tertiary/aromatic N) is 3. The van der Waals surface area contributed by atoms with Crippen LogP contribution in [-0.2, 0) is 26.9 Å². The number of hydrogen-bond donors (Lipinski definition) is 2. The maximum absolute atomic E-state index is 13.1. The van der Waals surface area contributed by atoms with Crippen LogP contribution in [0.1, 0.15) is 21.5 Å². The third-order valence-electron chi connectivity index (χ3n) is 5.29. The van der Waals surface area contributed by atoms with Crippen LogP contribution in [0, 0.1) is 12.7 Å². The molecular weight excluding hydrogens is 532 g/mol. The number of carbonyl (C=O) groups excluding carboxylic acids is 1. The molecular formula is C25H27FN5O5PS. The Morgan fingerprint density at radius 2 is 1.89 bits per heavy atom. The number of carbonyl (C=O) groups is 1. The smallest absolute Gasteiger partial charge is 0.280 e. The fourth-order valence-corrected chi connectivity index (χ4v) is 5.19. The van der Waals surface area contributed by atoms with Gasteiger partial charge in [0.25, 0.3) is 5.56 Å². The Morgan fingerprint density at radius 3 is 2.66 bits per heavy atom. The number of aryl methyl sites for hydroxylation is 1. The molecule has 38 heavy (non-hydrogen) atoms. The molecule has 2 aromatic heterocycles. The number of hydrogen-bond acceptors (Lipinski definition) is 9. The van der Waals surface area contributed by atoms with E-state index in [4.69, 9.17) is 19.5 Å². The molecule has 1 unspecified atom stereocenters. The summed E-state index contributed by atoms with van der Waals surface area (Å²) in [7, 11) is -1.41. The van der Waals surface area contributed by atoms with Crippen molar-refractivity contribution in [3.63, 3.8) is 0 Å². The van der Waals surface area contributed by atoms with E-state index in [-0.39, 0.29) is 35.4 Å². The molecule has 0 aliphatic carbocycles. The topological polar surface area (TPSA) is 134 Å². The van der Waals surface area contributed by atoms with E-state index < -0.39 is 13.9 Å². The Bertz CT molecular complexity index is 1410. The first-order valence-electron chi connectivity index (χ1n) is 11.7. The fraction of sp³-hybridized carbons (Fsp3) is 0.280. The van der Waals surface area contributed by atoms with Crippen molar-refractivity contribution >= 4 is 42.4 Å². The molecule has 0 saturated heterocycles. The molecule has 0 fully saturated rings. The summed E-state index contributed by atoms with van der Waals surface area (Å²) in [5.74, 6) is 0.0369. The molecule has 2 heterocycles. The maximum Gasteiger partial charge on any atom is 0.280 e. The van der Waals surface area contributed by atoms with Crippen molar-refractivity contribution in [2.45, 2.75) is 20.1 Å². The van der Waals surface area contributed by atoms with Gasteiger partial charge in [0.2, 0.25) is 11.1 Å². The summed E-state index contributed by atoms with van der Waals surface area (Å²) in [6.45, 7) is 3.35. The molecule has 0 spiro atoms. The number of thioether (sulfide) groups is 1. The van der Waals surface area contributed by atoms with Gasteiger partial charge in [0.1, 0.15) is 12.2 Å². The molecule has 1 atom stereocenters. The molecule has 0 radical (unpaired) electrons. The van der Waals surface area contributed by atoms with Gasteiger partial charge in [-0.25, -0.2) is 9.37 Å². The third kappa shape index (κ3) is 7.92. The van der Waals surface area contributed by atoms with E-state index in [0.717, 1.165) is 22.9 Å². The first kappa shape index (κ1) is 27.9. The molecule has 0 saturated carbocycles. The van der Waals surface area contributed by atoms with Gasteiger partial charge in [-0.15, -0.1) is 0 Å². The van der Waals surface area contributed by atoms with Crippen molar-refractivity contribution in [1.82, 2.24) is 19.5 Å². The molecule has 4 aromatic rings. The van der Waals surface area contributed by atoms with E-state index in [1.165, 1.54) is 30.6 Å². The van der Waals surface area contributed by atoms with Crippen molar-refractivity contribution in [3.8, 4) is 0 Å². The van der Waals surface area contributed by atoms with Gasteiger partial charge in [-0.3, -0.25) is 14.6 Å². The highest BCUT2D eigenvalue weighted by Crippen LogP contribution is 2.39. The third-order valence-corrected chi connectivity index (χ3v) is 7.44. The minimum atomic E-state index is -1.41. The fourth-order valence-electron chi connectivity index (χ4n) is 3.32. The van der Waals surface area contributed by atoms with Gasteiger partial charge in [0.05, 0.1) is 26.1 Å². The number of fused-ring (bicyclic) bond motifs is 1. The second kappa shape index (κ2) is 13.6. The van der Waals surface area contributed by atoms with Crippen LogP contribution in [0.25, 0.3) is 11.2 Å². The van der Waals surface area contributed by atoms with Gasteiger partial charge < -0.3 is 24.1 Å².